The van der Waals surface area contributed by atoms with Gasteiger partial charge in [0.15, 0.2) is 6.61 Å². The largest absolute Gasteiger partial charge is 0.482 e. The maximum absolute atomic E-state index is 13.0. The van der Waals surface area contributed by atoms with Crippen LogP contribution in [0.2, 0.25) is 5.02 Å². The number of benzene rings is 2. The highest BCUT2D eigenvalue weighted by Gasteiger charge is 2.21. The quantitative estimate of drug-likeness (QED) is 0.563. The highest BCUT2D eigenvalue weighted by Crippen LogP contribution is 2.26. The second-order valence-corrected chi connectivity index (χ2v) is 7.27. The summed E-state index contributed by atoms with van der Waals surface area (Å²) < 4.78 is 11.6. The minimum absolute atomic E-state index is 0.0435. The Morgan fingerprint density at radius 3 is 2.63 bits per heavy atom. The van der Waals surface area contributed by atoms with Gasteiger partial charge in [0, 0.05) is 16.8 Å². The molecule has 0 spiro atoms. The molecule has 0 fully saturated rings. The molecule has 1 aromatic heterocycles. The van der Waals surface area contributed by atoms with Gasteiger partial charge in [-0.1, -0.05) is 37.6 Å². The molecule has 0 aliphatic rings. The number of amides is 1. The van der Waals surface area contributed by atoms with E-state index in [0.29, 0.717) is 22.0 Å². The van der Waals surface area contributed by atoms with E-state index in [1.807, 2.05) is 26.0 Å². The molecule has 0 saturated heterocycles. The average molecular weight is 428 g/mol. The van der Waals surface area contributed by atoms with Gasteiger partial charge in [-0.3, -0.25) is 4.79 Å². The minimum Gasteiger partial charge on any atom is -0.482 e. The van der Waals surface area contributed by atoms with Crippen LogP contribution < -0.4 is 10.1 Å². The third-order valence-electron chi connectivity index (χ3n) is 4.33. The van der Waals surface area contributed by atoms with Crippen LogP contribution in [-0.2, 0) is 9.53 Å². The van der Waals surface area contributed by atoms with Crippen molar-refractivity contribution in [1.82, 2.24) is 9.78 Å². The van der Waals surface area contributed by atoms with Gasteiger partial charge in [0.2, 0.25) is 0 Å². The Hall–Kier alpha value is -3.32. The summed E-state index contributed by atoms with van der Waals surface area (Å²) in [6.07, 6.45) is 1.54. The second kappa shape index (κ2) is 9.45. The van der Waals surface area contributed by atoms with Gasteiger partial charge in [-0.2, -0.15) is 5.10 Å². The van der Waals surface area contributed by atoms with Crippen LogP contribution >= 0.6 is 11.6 Å². The number of rotatable bonds is 7. The maximum atomic E-state index is 13.0. The Morgan fingerprint density at radius 2 is 1.93 bits per heavy atom. The van der Waals surface area contributed by atoms with Crippen LogP contribution in [0.5, 0.6) is 5.75 Å². The van der Waals surface area contributed by atoms with Gasteiger partial charge in [0.05, 0.1) is 30.3 Å². The van der Waals surface area contributed by atoms with Crippen LogP contribution in [0.1, 0.15) is 35.8 Å². The number of hydrogen-bond donors (Lipinski definition) is 1. The molecule has 0 radical (unpaired) electrons. The number of nitrogens with one attached hydrogen (secondary N) is 1. The van der Waals surface area contributed by atoms with E-state index >= 15 is 0 Å². The molecule has 30 heavy (non-hydrogen) atoms. The molecule has 8 heteroatoms. The van der Waals surface area contributed by atoms with Gasteiger partial charge in [-0.25, -0.2) is 9.48 Å². The minimum atomic E-state index is -0.487. The van der Waals surface area contributed by atoms with Gasteiger partial charge < -0.3 is 14.8 Å². The fourth-order valence-corrected chi connectivity index (χ4v) is 3.15. The molecule has 1 amide bonds. The van der Waals surface area contributed by atoms with Crippen molar-refractivity contribution in [2.75, 3.05) is 19.0 Å². The first-order chi connectivity index (χ1) is 14.4. The van der Waals surface area contributed by atoms with Crippen molar-refractivity contribution < 1.29 is 19.1 Å². The molecule has 0 aliphatic heterocycles. The maximum Gasteiger partial charge on any atom is 0.343 e. The summed E-state index contributed by atoms with van der Waals surface area (Å²) in [5.41, 5.74) is 2.55. The van der Waals surface area contributed by atoms with Crippen LogP contribution in [0.25, 0.3) is 5.69 Å². The van der Waals surface area contributed by atoms with E-state index in [-0.39, 0.29) is 18.4 Å². The lowest BCUT2D eigenvalue weighted by Crippen LogP contribution is -2.16. The van der Waals surface area contributed by atoms with Crippen molar-refractivity contribution in [2.45, 2.75) is 19.8 Å². The van der Waals surface area contributed by atoms with E-state index in [1.165, 1.54) is 7.11 Å². The third kappa shape index (κ3) is 4.99. The number of anilines is 1. The monoisotopic (exact) mass is 427 g/mol. The molecule has 3 rings (SSSR count). The third-order valence-corrected chi connectivity index (χ3v) is 4.56. The summed E-state index contributed by atoms with van der Waals surface area (Å²) in [5, 5.41) is 7.86. The zero-order valence-electron chi connectivity index (χ0n) is 16.9. The number of carbonyl (C=O) groups excluding carboxylic acids is 2. The van der Waals surface area contributed by atoms with Crippen molar-refractivity contribution in [3.05, 3.63) is 71.0 Å². The number of carbonyl (C=O) groups is 2. The standard InChI is InChI=1S/C22H22ClN3O4/c1-14(2)21-19(12-24-26(21)17-8-4-6-15(23)10-17)22(28)25-16-7-5-9-18(11-16)30-13-20(27)29-3/h4-12,14H,13H2,1-3H3,(H,25,28). The molecular formula is C22H22ClN3O4. The highest BCUT2D eigenvalue weighted by atomic mass is 35.5. The molecule has 7 nitrogen and oxygen atoms in total. The summed E-state index contributed by atoms with van der Waals surface area (Å²) in [5.74, 6) is -0.296. The summed E-state index contributed by atoms with van der Waals surface area (Å²) in [6, 6.07) is 14.1. The zero-order valence-corrected chi connectivity index (χ0v) is 17.6. The van der Waals surface area contributed by atoms with Crippen molar-refractivity contribution >= 4 is 29.2 Å². The number of ether oxygens (including phenoxy) is 2. The molecule has 1 heterocycles. The molecule has 0 saturated carbocycles. The predicted molar refractivity (Wildman–Crippen MR) is 115 cm³/mol. The fraction of sp³-hybridized carbons (Fsp3) is 0.227. The molecule has 156 valence electrons. The average Bonchev–Trinajstić information content (AvgIpc) is 3.18. The number of methoxy groups -OCH3 is 1. The lowest BCUT2D eigenvalue weighted by atomic mass is 10.0. The van der Waals surface area contributed by atoms with Crippen molar-refractivity contribution in [3.63, 3.8) is 0 Å². The fourth-order valence-electron chi connectivity index (χ4n) is 2.97. The lowest BCUT2D eigenvalue weighted by molar-refractivity contribution is -0.142. The normalized spacial score (nSPS) is 10.7. The van der Waals surface area contributed by atoms with Gasteiger partial charge in [0.1, 0.15) is 5.75 Å². The van der Waals surface area contributed by atoms with E-state index < -0.39 is 5.97 Å². The number of nitrogens with zero attached hydrogens (tertiary/aromatic N) is 2. The first-order valence-corrected chi connectivity index (χ1v) is 9.71. The molecule has 1 N–H and O–H groups in total. The van der Waals surface area contributed by atoms with Gasteiger partial charge in [-0.05, 0) is 36.2 Å². The highest BCUT2D eigenvalue weighted by molar-refractivity contribution is 6.30. The number of esters is 1. The Balaban J connectivity index is 1.83. The number of halogens is 1. The molecule has 0 bridgehead atoms. The van der Waals surface area contributed by atoms with E-state index in [0.717, 1.165) is 11.4 Å². The summed E-state index contributed by atoms with van der Waals surface area (Å²) in [4.78, 5) is 24.2. The van der Waals surface area contributed by atoms with Crippen molar-refractivity contribution in [3.8, 4) is 11.4 Å². The zero-order chi connectivity index (χ0) is 21.7. The van der Waals surface area contributed by atoms with Crippen molar-refractivity contribution in [1.29, 1.82) is 0 Å². The van der Waals surface area contributed by atoms with Crippen LogP contribution in [0, 0.1) is 0 Å². The van der Waals surface area contributed by atoms with Crippen LogP contribution in [0.15, 0.2) is 54.7 Å². The van der Waals surface area contributed by atoms with Crippen LogP contribution in [0.4, 0.5) is 5.69 Å². The molecule has 0 atom stereocenters. The Kier molecular flexibility index (Phi) is 6.74. The second-order valence-electron chi connectivity index (χ2n) is 6.84. The SMILES string of the molecule is COC(=O)COc1cccc(NC(=O)c2cnn(-c3cccc(Cl)c3)c2C(C)C)c1. The van der Waals surface area contributed by atoms with Gasteiger partial charge in [0.25, 0.3) is 5.91 Å². The van der Waals surface area contributed by atoms with Crippen LogP contribution in [-0.4, -0.2) is 35.4 Å². The molecule has 0 aliphatic carbocycles. The Morgan fingerprint density at radius 1 is 1.17 bits per heavy atom. The number of hydrogen-bond acceptors (Lipinski definition) is 5. The molecular weight excluding hydrogens is 406 g/mol. The van der Waals surface area contributed by atoms with E-state index in [2.05, 4.69) is 15.2 Å². The summed E-state index contributed by atoms with van der Waals surface area (Å²) >= 11 is 6.11. The summed E-state index contributed by atoms with van der Waals surface area (Å²) in [6.45, 7) is 3.78. The first kappa shape index (κ1) is 21.4. The Bertz CT molecular complexity index is 1060. The van der Waals surface area contributed by atoms with Crippen LogP contribution in [0.3, 0.4) is 0 Å². The first-order valence-electron chi connectivity index (χ1n) is 9.34. The molecule has 0 unspecified atom stereocenters. The van der Waals surface area contributed by atoms with E-state index in [9.17, 15) is 9.59 Å². The molecule has 3 aromatic rings. The molecule has 2 aromatic carbocycles. The number of aromatic nitrogens is 2. The van der Waals surface area contributed by atoms with E-state index in [1.54, 1.807) is 47.3 Å². The van der Waals surface area contributed by atoms with Gasteiger partial charge >= 0.3 is 5.97 Å². The topological polar surface area (TPSA) is 82.4 Å². The van der Waals surface area contributed by atoms with Gasteiger partial charge in [-0.15, -0.1) is 0 Å². The Labute approximate surface area is 179 Å². The summed E-state index contributed by atoms with van der Waals surface area (Å²) in [7, 11) is 1.29. The lowest BCUT2D eigenvalue weighted by Gasteiger charge is -2.13. The van der Waals surface area contributed by atoms with E-state index in [4.69, 9.17) is 16.3 Å². The predicted octanol–water partition coefficient (Wildman–Crippen LogP) is 4.45. The smallest absolute Gasteiger partial charge is 0.343 e. The van der Waals surface area contributed by atoms with Crippen molar-refractivity contribution in [2.24, 2.45) is 0 Å².